The van der Waals surface area contributed by atoms with Crippen LogP contribution in [0.25, 0.3) is 0 Å². The van der Waals surface area contributed by atoms with Crippen LogP contribution >= 0.6 is 0 Å². The van der Waals surface area contributed by atoms with Crippen LogP contribution in [0.4, 0.5) is 0 Å². The molecule has 0 N–H and O–H groups in total. The van der Waals surface area contributed by atoms with Crippen molar-refractivity contribution in [3.05, 3.63) is 23.8 Å². The van der Waals surface area contributed by atoms with E-state index in [9.17, 15) is 4.79 Å². The molecule has 1 fully saturated rings. The lowest BCUT2D eigenvalue weighted by Crippen LogP contribution is -2.00. The molecule has 0 amide bonds. The fourth-order valence-corrected chi connectivity index (χ4v) is 1.43. The van der Waals surface area contributed by atoms with Gasteiger partial charge in [-0.3, -0.25) is 4.79 Å². The molecule has 2 unspecified atom stereocenters. The molecule has 0 aliphatic carbocycles. The maximum atomic E-state index is 10.5. The molecule has 1 aliphatic rings. The third kappa shape index (κ3) is 4.30. The first-order valence-corrected chi connectivity index (χ1v) is 5.10. The lowest BCUT2D eigenvalue weighted by molar-refractivity contribution is -0.139. The monoisotopic (exact) mass is 210 g/mol. The Morgan fingerprint density at radius 2 is 2.13 bits per heavy atom. The number of ether oxygens (including phenoxy) is 2. The molecule has 0 aromatic heterocycles. The van der Waals surface area contributed by atoms with Crippen molar-refractivity contribution in [3.8, 4) is 0 Å². The Morgan fingerprint density at radius 3 is 2.60 bits per heavy atom. The summed E-state index contributed by atoms with van der Waals surface area (Å²) in [5.74, 6) is -0.249. The van der Waals surface area contributed by atoms with Gasteiger partial charge in [-0.05, 0) is 31.9 Å². The molecule has 3 nitrogen and oxygen atoms in total. The molecule has 1 rings (SSSR count). The summed E-state index contributed by atoms with van der Waals surface area (Å²) in [6.45, 7) is 9.60. The second-order valence-electron chi connectivity index (χ2n) is 4.00. The van der Waals surface area contributed by atoms with E-state index in [-0.39, 0.29) is 18.2 Å². The Labute approximate surface area is 90.8 Å². The third-order valence-electron chi connectivity index (χ3n) is 2.31. The van der Waals surface area contributed by atoms with Gasteiger partial charge in [-0.2, -0.15) is 0 Å². The van der Waals surface area contributed by atoms with Crippen molar-refractivity contribution in [2.24, 2.45) is 0 Å². The van der Waals surface area contributed by atoms with Gasteiger partial charge in [0.25, 0.3) is 0 Å². The summed E-state index contributed by atoms with van der Waals surface area (Å²) in [7, 11) is 0. The molecule has 0 radical (unpaired) electrons. The summed E-state index contributed by atoms with van der Waals surface area (Å²) in [5.41, 5.74) is 2.26. The molecule has 1 saturated heterocycles. The van der Waals surface area contributed by atoms with Crippen molar-refractivity contribution in [1.82, 2.24) is 0 Å². The van der Waals surface area contributed by atoms with E-state index in [4.69, 9.17) is 9.47 Å². The standard InChI is InChI=1S/C12H18O3/c1-8(2)12-11(15-12)7-9(3)5-6-14-10(4)13/h5,11-12H,1,6-7H2,2-4H3. The molecular formula is C12H18O3. The van der Waals surface area contributed by atoms with Gasteiger partial charge < -0.3 is 9.47 Å². The molecule has 15 heavy (non-hydrogen) atoms. The Bertz CT molecular complexity index is 291. The smallest absolute Gasteiger partial charge is 0.302 e. The molecule has 0 saturated carbocycles. The minimum Gasteiger partial charge on any atom is -0.462 e. The number of hydrogen-bond donors (Lipinski definition) is 0. The first-order chi connectivity index (χ1) is 7.00. The summed E-state index contributed by atoms with van der Waals surface area (Å²) in [5, 5.41) is 0. The zero-order chi connectivity index (χ0) is 11.4. The van der Waals surface area contributed by atoms with E-state index < -0.39 is 0 Å². The topological polar surface area (TPSA) is 38.8 Å². The summed E-state index contributed by atoms with van der Waals surface area (Å²) in [4.78, 5) is 10.5. The first-order valence-electron chi connectivity index (χ1n) is 5.10. The van der Waals surface area contributed by atoms with Crippen molar-refractivity contribution < 1.29 is 14.3 Å². The van der Waals surface area contributed by atoms with Gasteiger partial charge in [0, 0.05) is 6.92 Å². The summed E-state index contributed by atoms with van der Waals surface area (Å²) >= 11 is 0. The lowest BCUT2D eigenvalue weighted by atomic mass is 10.1. The zero-order valence-electron chi connectivity index (χ0n) is 9.58. The van der Waals surface area contributed by atoms with E-state index in [2.05, 4.69) is 6.58 Å². The normalized spacial score (nSPS) is 24.9. The average Bonchev–Trinajstić information content (AvgIpc) is 2.82. The van der Waals surface area contributed by atoms with Gasteiger partial charge in [0.2, 0.25) is 0 Å². The van der Waals surface area contributed by atoms with E-state index in [1.165, 1.54) is 12.5 Å². The first kappa shape index (κ1) is 12.0. The van der Waals surface area contributed by atoms with Gasteiger partial charge >= 0.3 is 5.97 Å². The van der Waals surface area contributed by atoms with E-state index in [0.29, 0.717) is 6.61 Å². The number of carbonyl (C=O) groups excluding carboxylic acids is 1. The van der Waals surface area contributed by atoms with Gasteiger partial charge in [0.05, 0.1) is 6.10 Å². The Morgan fingerprint density at radius 1 is 1.47 bits per heavy atom. The van der Waals surface area contributed by atoms with Gasteiger partial charge in [-0.1, -0.05) is 12.2 Å². The molecule has 1 aliphatic heterocycles. The highest BCUT2D eigenvalue weighted by Crippen LogP contribution is 2.32. The highest BCUT2D eigenvalue weighted by Gasteiger charge is 2.38. The largest absolute Gasteiger partial charge is 0.462 e. The zero-order valence-corrected chi connectivity index (χ0v) is 9.58. The van der Waals surface area contributed by atoms with Crippen molar-refractivity contribution >= 4 is 5.97 Å². The maximum absolute atomic E-state index is 10.5. The van der Waals surface area contributed by atoms with Crippen LogP contribution in [0.2, 0.25) is 0 Å². The van der Waals surface area contributed by atoms with E-state index in [1.54, 1.807) is 0 Å². The fraction of sp³-hybridized carbons (Fsp3) is 0.583. The molecule has 84 valence electrons. The minimum atomic E-state index is -0.249. The predicted molar refractivity (Wildman–Crippen MR) is 58.5 cm³/mol. The van der Waals surface area contributed by atoms with Crippen molar-refractivity contribution in [3.63, 3.8) is 0 Å². The second-order valence-corrected chi connectivity index (χ2v) is 4.00. The van der Waals surface area contributed by atoms with Gasteiger partial charge in [-0.25, -0.2) is 0 Å². The number of hydrogen-bond acceptors (Lipinski definition) is 3. The molecular weight excluding hydrogens is 192 g/mol. The molecule has 0 bridgehead atoms. The van der Waals surface area contributed by atoms with Crippen LogP contribution in [0.5, 0.6) is 0 Å². The van der Waals surface area contributed by atoms with Gasteiger partial charge in [0.1, 0.15) is 12.7 Å². The molecule has 2 atom stereocenters. The summed E-state index contributed by atoms with van der Waals surface area (Å²) in [6, 6.07) is 0. The fourth-order valence-electron chi connectivity index (χ4n) is 1.43. The van der Waals surface area contributed by atoms with Crippen LogP contribution in [-0.2, 0) is 14.3 Å². The van der Waals surface area contributed by atoms with E-state index >= 15 is 0 Å². The van der Waals surface area contributed by atoms with Crippen LogP contribution < -0.4 is 0 Å². The third-order valence-corrected chi connectivity index (χ3v) is 2.31. The van der Waals surface area contributed by atoms with Crippen LogP contribution in [0.3, 0.4) is 0 Å². The van der Waals surface area contributed by atoms with Crippen molar-refractivity contribution in [2.75, 3.05) is 6.61 Å². The Balaban J connectivity index is 2.22. The number of esters is 1. The molecule has 0 aromatic carbocycles. The number of epoxide rings is 1. The number of rotatable bonds is 5. The van der Waals surface area contributed by atoms with E-state index in [0.717, 1.165) is 12.0 Å². The quantitative estimate of drug-likeness (QED) is 0.397. The molecule has 1 heterocycles. The number of carbonyl (C=O) groups is 1. The van der Waals surface area contributed by atoms with Crippen molar-refractivity contribution in [2.45, 2.75) is 39.4 Å². The SMILES string of the molecule is C=C(C)C1OC1CC(C)=CCOC(C)=O. The molecule has 0 aromatic rings. The average molecular weight is 210 g/mol. The maximum Gasteiger partial charge on any atom is 0.302 e. The highest BCUT2D eigenvalue weighted by atomic mass is 16.6. The van der Waals surface area contributed by atoms with Crippen LogP contribution in [-0.4, -0.2) is 24.8 Å². The minimum absolute atomic E-state index is 0.224. The lowest BCUT2D eigenvalue weighted by Gasteiger charge is -1.99. The van der Waals surface area contributed by atoms with Gasteiger partial charge in [-0.15, -0.1) is 0 Å². The molecule has 0 spiro atoms. The summed E-state index contributed by atoms with van der Waals surface area (Å²) in [6.07, 6.45) is 3.30. The Kier molecular flexibility index (Phi) is 4.09. The van der Waals surface area contributed by atoms with Crippen LogP contribution in [0, 0.1) is 0 Å². The van der Waals surface area contributed by atoms with Crippen molar-refractivity contribution in [1.29, 1.82) is 0 Å². The van der Waals surface area contributed by atoms with E-state index in [1.807, 2.05) is 19.9 Å². The molecule has 3 heteroatoms. The van der Waals surface area contributed by atoms with Crippen LogP contribution in [0.15, 0.2) is 23.8 Å². The Hall–Kier alpha value is -1.09. The summed E-state index contributed by atoms with van der Waals surface area (Å²) < 4.78 is 10.2. The van der Waals surface area contributed by atoms with Crippen LogP contribution in [0.1, 0.15) is 27.2 Å². The second kappa shape index (κ2) is 5.12. The highest BCUT2D eigenvalue weighted by molar-refractivity contribution is 5.66. The predicted octanol–water partition coefficient (Wildman–Crippen LogP) is 2.23. The van der Waals surface area contributed by atoms with Gasteiger partial charge in [0.15, 0.2) is 0 Å².